The number of carbonyl (C=O) groups is 1. The lowest BCUT2D eigenvalue weighted by atomic mass is 10.1. The molecule has 0 spiro atoms. The van der Waals surface area contributed by atoms with Crippen LogP contribution in [0.3, 0.4) is 0 Å². The third kappa shape index (κ3) is 4.54. The van der Waals surface area contributed by atoms with Crippen molar-refractivity contribution in [1.82, 2.24) is 5.43 Å². The molecule has 0 heterocycles. The highest BCUT2D eigenvalue weighted by Crippen LogP contribution is 2.22. The van der Waals surface area contributed by atoms with Crippen molar-refractivity contribution in [1.29, 1.82) is 0 Å². The summed E-state index contributed by atoms with van der Waals surface area (Å²) >= 11 is 0. The fourth-order valence-electron chi connectivity index (χ4n) is 2.03. The zero-order valence-corrected chi connectivity index (χ0v) is 14.0. The highest BCUT2D eigenvalue weighted by molar-refractivity contribution is 6.01. The van der Waals surface area contributed by atoms with E-state index < -0.39 is 10.8 Å². The van der Waals surface area contributed by atoms with Crippen LogP contribution < -0.4 is 14.9 Å². The van der Waals surface area contributed by atoms with Gasteiger partial charge in [-0.2, -0.15) is 5.10 Å². The molecule has 0 aliphatic heterocycles. The molecule has 0 aliphatic rings. The van der Waals surface area contributed by atoms with Crippen molar-refractivity contribution in [2.45, 2.75) is 6.92 Å². The first-order valence-corrected chi connectivity index (χ1v) is 7.27. The number of nitrogens with zero attached hydrogens (tertiary/aromatic N) is 2. The van der Waals surface area contributed by atoms with E-state index in [1.807, 2.05) is 0 Å². The van der Waals surface area contributed by atoms with Crippen LogP contribution in [0, 0.1) is 10.1 Å². The van der Waals surface area contributed by atoms with E-state index in [4.69, 9.17) is 9.47 Å². The molecule has 0 unspecified atom stereocenters. The Labute approximate surface area is 144 Å². The number of nitrogens with one attached hydrogen (secondary N) is 1. The monoisotopic (exact) mass is 343 g/mol. The number of hydrogen-bond donors (Lipinski definition) is 1. The predicted octanol–water partition coefficient (Wildman–Crippen LogP) is 2.77. The van der Waals surface area contributed by atoms with E-state index >= 15 is 0 Å². The van der Waals surface area contributed by atoms with Crippen molar-refractivity contribution in [2.75, 3.05) is 14.2 Å². The van der Waals surface area contributed by atoms with Crippen LogP contribution in [-0.4, -0.2) is 30.8 Å². The summed E-state index contributed by atoms with van der Waals surface area (Å²) < 4.78 is 10.2. The normalized spacial score (nSPS) is 10.9. The zero-order chi connectivity index (χ0) is 18.4. The first-order valence-electron chi connectivity index (χ1n) is 7.27. The molecule has 2 aromatic rings. The largest absolute Gasteiger partial charge is 0.497 e. The molecule has 25 heavy (non-hydrogen) atoms. The number of methoxy groups -OCH3 is 2. The van der Waals surface area contributed by atoms with E-state index in [9.17, 15) is 14.9 Å². The van der Waals surface area contributed by atoms with Crippen LogP contribution in [0.5, 0.6) is 11.5 Å². The lowest BCUT2D eigenvalue weighted by Gasteiger charge is -2.08. The van der Waals surface area contributed by atoms with E-state index in [1.165, 1.54) is 26.4 Å². The van der Waals surface area contributed by atoms with Gasteiger partial charge < -0.3 is 9.47 Å². The number of rotatable bonds is 6. The van der Waals surface area contributed by atoms with Gasteiger partial charge in [0.1, 0.15) is 11.5 Å². The molecule has 1 N–H and O–H groups in total. The Morgan fingerprint density at radius 1 is 1.04 bits per heavy atom. The van der Waals surface area contributed by atoms with Crippen molar-refractivity contribution < 1.29 is 19.2 Å². The predicted molar refractivity (Wildman–Crippen MR) is 92.3 cm³/mol. The maximum atomic E-state index is 12.2. The van der Waals surface area contributed by atoms with Crippen LogP contribution in [0.4, 0.5) is 5.69 Å². The molecular weight excluding hydrogens is 326 g/mol. The maximum absolute atomic E-state index is 12.2. The van der Waals surface area contributed by atoms with Crippen LogP contribution >= 0.6 is 0 Å². The summed E-state index contributed by atoms with van der Waals surface area (Å²) in [6, 6.07) is 10.7. The smallest absolute Gasteiger partial charge is 0.271 e. The van der Waals surface area contributed by atoms with Crippen molar-refractivity contribution >= 4 is 17.3 Å². The van der Waals surface area contributed by atoms with E-state index in [0.29, 0.717) is 28.3 Å². The molecule has 0 fully saturated rings. The molecule has 1 amide bonds. The molecule has 2 aromatic carbocycles. The number of hydrogen-bond acceptors (Lipinski definition) is 6. The second-order valence-corrected chi connectivity index (χ2v) is 5.04. The Balaban J connectivity index is 2.14. The van der Waals surface area contributed by atoms with Gasteiger partial charge in [-0.05, 0) is 36.8 Å². The molecule has 8 heteroatoms. The number of amides is 1. The summed E-state index contributed by atoms with van der Waals surface area (Å²) in [7, 11) is 2.99. The SMILES string of the molecule is COc1cc(OC)cc(C(=O)N/N=C(\C)c2ccc([N+](=O)[O-])cc2)c1. The van der Waals surface area contributed by atoms with Gasteiger partial charge in [0.15, 0.2) is 0 Å². The van der Waals surface area contributed by atoms with Gasteiger partial charge in [-0.25, -0.2) is 5.43 Å². The van der Waals surface area contributed by atoms with Crippen molar-refractivity contribution in [3.8, 4) is 11.5 Å². The standard InChI is InChI=1S/C17H17N3O5/c1-11(12-4-6-14(7-5-12)20(22)23)18-19-17(21)13-8-15(24-2)10-16(9-13)25-3/h4-10H,1-3H3,(H,19,21)/b18-11+. The van der Waals surface area contributed by atoms with Crippen LogP contribution in [0.2, 0.25) is 0 Å². The Morgan fingerprint density at radius 2 is 1.60 bits per heavy atom. The number of carbonyl (C=O) groups excluding carboxylic acids is 1. The number of nitro groups is 1. The van der Waals surface area contributed by atoms with Crippen LogP contribution in [0.25, 0.3) is 0 Å². The Bertz CT molecular complexity index is 793. The van der Waals surface area contributed by atoms with Gasteiger partial charge in [0, 0.05) is 23.8 Å². The summed E-state index contributed by atoms with van der Waals surface area (Å²) in [6.45, 7) is 1.69. The third-order valence-electron chi connectivity index (χ3n) is 3.43. The summed E-state index contributed by atoms with van der Waals surface area (Å²) in [5.41, 5.74) is 3.93. The molecule has 0 saturated heterocycles. The first kappa shape index (κ1) is 17.9. The lowest BCUT2D eigenvalue weighted by molar-refractivity contribution is -0.384. The van der Waals surface area contributed by atoms with Gasteiger partial charge in [0.2, 0.25) is 0 Å². The highest BCUT2D eigenvalue weighted by atomic mass is 16.6. The summed E-state index contributed by atoms with van der Waals surface area (Å²) in [5, 5.41) is 14.7. The maximum Gasteiger partial charge on any atom is 0.271 e. The summed E-state index contributed by atoms with van der Waals surface area (Å²) in [4.78, 5) is 22.4. The van der Waals surface area contributed by atoms with Crippen molar-refractivity contribution in [3.05, 3.63) is 63.7 Å². The zero-order valence-electron chi connectivity index (χ0n) is 14.0. The second kappa shape index (κ2) is 7.91. The molecule has 0 aromatic heterocycles. The topological polar surface area (TPSA) is 103 Å². The van der Waals surface area contributed by atoms with Crippen molar-refractivity contribution in [2.24, 2.45) is 5.10 Å². The minimum Gasteiger partial charge on any atom is -0.497 e. The molecule has 2 rings (SSSR count). The molecule has 0 atom stereocenters. The number of nitro benzene ring substituents is 1. The summed E-state index contributed by atoms with van der Waals surface area (Å²) in [6.07, 6.45) is 0. The quantitative estimate of drug-likeness (QED) is 0.493. The Morgan fingerprint density at radius 3 is 2.08 bits per heavy atom. The summed E-state index contributed by atoms with van der Waals surface area (Å²) in [5.74, 6) is 0.541. The average molecular weight is 343 g/mol. The van der Waals surface area contributed by atoms with Gasteiger partial charge in [-0.3, -0.25) is 14.9 Å². The third-order valence-corrected chi connectivity index (χ3v) is 3.43. The second-order valence-electron chi connectivity index (χ2n) is 5.04. The van der Waals surface area contributed by atoms with Crippen molar-refractivity contribution in [3.63, 3.8) is 0 Å². The molecule has 0 saturated carbocycles. The number of ether oxygens (including phenoxy) is 2. The van der Waals surface area contributed by atoms with Gasteiger partial charge in [-0.1, -0.05) is 0 Å². The van der Waals surface area contributed by atoms with E-state index in [0.717, 1.165) is 0 Å². The molecular formula is C17H17N3O5. The first-order chi connectivity index (χ1) is 11.9. The van der Waals surface area contributed by atoms with Gasteiger partial charge in [-0.15, -0.1) is 0 Å². The fourth-order valence-corrected chi connectivity index (χ4v) is 2.03. The van der Waals surface area contributed by atoms with Gasteiger partial charge in [0.25, 0.3) is 11.6 Å². The van der Waals surface area contributed by atoms with Crippen LogP contribution in [0.15, 0.2) is 47.6 Å². The van der Waals surface area contributed by atoms with E-state index in [-0.39, 0.29) is 5.69 Å². The highest BCUT2D eigenvalue weighted by Gasteiger charge is 2.10. The van der Waals surface area contributed by atoms with E-state index in [1.54, 1.807) is 37.3 Å². The number of non-ortho nitro benzene ring substituents is 1. The molecule has 8 nitrogen and oxygen atoms in total. The Kier molecular flexibility index (Phi) is 5.67. The number of hydrazone groups is 1. The fraction of sp³-hybridized carbons (Fsp3) is 0.176. The molecule has 0 radical (unpaired) electrons. The minimum absolute atomic E-state index is 0.0101. The molecule has 0 aliphatic carbocycles. The van der Waals surface area contributed by atoms with E-state index in [2.05, 4.69) is 10.5 Å². The minimum atomic E-state index is -0.478. The molecule has 130 valence electrons. The van der Waals surface area contributed by atoms with Crippen LogP contribution in [0.1, 0.15) is 22.8 Å². The number of benzene rings is 2. The van der Waals surface area contributed by atoms with Gasteiger partial charge in [0.05, 0.1) is 24.9 Å². The average Bonchev–Trinajstić information content (AvgIpc) is 2.65. The van der Waals surface area contributed by atoms with Crippen LogP contribution in [-0.2, 0) is 0 Å². The Hall–Kier alpha value is -3.42. The molecule has 0 bridgehead atoms. The lowest BCUT2D eigenvalue weighted by Crippen LogP contribution is -2.19. The van der Waals surface area contributed by atoms with Gasteiger partial charge >= 0.3 is 0 Å².